The van der Waals surface area contributed by atoms with Crippen LogP contribution in [0.25, 0.3) is 0 Å². The molecule has 1 aromatic rings. The second kappa shape index (κ2) is 7.38. The van der Waals surface area contributed by atoms with Crippen molar-refractivity contribution >= 4 is 17.7 Å². The zero-order chi connectivity index (χ0) is 14.3. The third-order valence-electron chi connectivity index (χ3n) is 2.65. The van der Waals surface area contributed by atoms with Crippen LogP contribution in [0, 0.1) is 0 Å². The van der Waals surface area contributed by atoms with Crippen LogP contribution in [-0.2, 0) is 0 Å². The number of nitrogens with one attached hydrogen (secondary N) is 1. The fraction of sp³-hybridized carbons (Fsp3) is 0.385. The van der Waals surface area contributed by atoms with Crippen LogP contribution in [0.15, 0.2) is 24.3 Å². The van der Waals surface area contributed by atoms with Crippen LogP contribution >= 0.6 is 0 Å². The van der Waals surface area contributed by atoms with Crippen LogP contribution in [0.1, 0.15) is 23.7 Å². The van der Waals surface area contributed by atoms with E-state index in [2.05, 4.69) is 5.32 Å². The summed E-state index contributed by atoms with van der Waals surface area (Å²) < 4.78 is 0. The molecule has 6 heteroatoms. The van der Waals surface area contributed by atoms with Crippen molar-refractivity contribution in [3.05, 3.63) is 29.8 Å². The van der Waals surface area contributed by atoms with Crippen LogP contribution in [0.4, 0.5) is 10.5 Å². The fourth-order valence-corrected chi connectivity index (χ4v) is 1.64. The lowest BCUT2D eigenvalue weighted by Gasteiger charge is -2.21. The zero-order valence-corrected chi connectivity index (χ0v) is 10.8. The van der Waals surface area contributed by atoms with E-state index in [1.54, 1.807) is 18.2 Å². The second-order valence-corrected chi connectivity index (χ2v) is 3.94. The highest BCUT2D eigenvalue weighted by molar-refractivity contribution is 5.99. The highest BCUT2D eigenvalue weighted by Gasteiger charge is 2.15. The number of hydrogen-bond acceptors (Lipinski definition) is 3. The van der Waals surface area contributed by atoms with Gasteiger partial charge in [0.05, 0.1) is 11.3 Å². The number of urea groups is 1. The Balaban J connectivity index is 2.78. The van der Waals surface area contributed by atoms with Gasteiger partial charge in [-0.05, 0) is 25.5 Å². The van der Waals surface area contributed by atoms with Gasteiger partial charge in [-0.15, -0.1) is 0 Å². The van der Waals surface area contributed by atoms with Gasteiger partial charge in [0.15, 0.2) is 0 Å². The molecule has 104 valence electrons. The standard InChI is InChI=1S/C13H18N2O4/c1-2-15(8-5-9-16)13(19)14-11-7-4-3-6-10(11)12(17)18/h3-4,6-7,16H,2,5,8-9H2,1H3,(H,14,19)(H,17,18). The van der Waals surface area contributed by atoms with E-state index < -0.39 is 5.97 Å². The summed E-state index contributed by atoms with van der Waals surface area (Å²) in [7, 11) is 0. The Labute approximate surface area is 111 Å². The number of nitrogens with zero attached hydrogens (tertiary/aromatic N) is 1. The number of aliphatic hydroxyl groups excluding tert-OH is 1. The van der Waals surface area contributed by atoms with E-state index in [1.807, 2.05) is 6.92 Å². The maximum absolute atomic E-state index is 12.0. The van der Waals surface area contributed by atoms with Crippen LogP contribution in [0.2, 0.25) is 0 Å². The van der Waals surface area contributed by atoms with Crippen molar-refractivity contribution in [2.75, 3.05) is 25.0 Å². The quantitative estimate of drug-likeness (QED) is 0.729. The number of hydrogen-bond donors (Lipinski definition) is 3. The summed E-state index contributed by atoms with van der Waals surface area (Å²) in [6.07, 6.45) is 0.488. The molecule has 19 heavy (non-hydrogen) atoms. The highest BCUT2D eigenvalue weighted by atomic mass is 16.4. The van der Waals surface area contributed by atoms with Gasteiger partial charge >= 0.3 is 12.0 Å². The second-order valence-electron chi connectivity index (χ2n) is 3.94. The number of carbonyl (C=O) groups is 2. The Morgan fingerprint density at radius 1 is 1.32 bits per heavy atom. The molecule has 0 aliphatic carbocycles. The predicted molar refractivity (Wildman–Crippen MR) is 71.4 cm³/mol. The minimum atomic E-state index is -1.09. The Hall–Kier alpha value is -2.08. The molecule has 0 unspecified atom stereocenters. The number of carbonyl (C=O) groups excluding carboxylic acids is 1. The first kappa shape index (κ1) is 15.0. The molecule has 1 rings (SSSR count). The Morgan fingerprint density at radius 3 is 2.58 bits per heavy atom. The molecule has 0 radical (unpaired) electrons. The van der Waals surface area contributed by atoms with Crippen molar-refractivity contribution in [1.82, 2.24) is 4.90 Å². The zero-order valence-electron chi connectivity index (χ0n) is 10.8. The van der Waals surface area contributed by atoms with Crippen molar-refractivity contribution in [2.24, 2.45) is 0 Å². The predicted octanol–water partition coefficient (Wildman–Crippen LogP) is 1.62. The number of aromatic carboxylic acids is 1. The fourth-order valence-electron chi connectivity index (χ4n) is 1.64. The summed E-state index contributed by atoms with van der Waals surface area (Å²) in [5.74, 6) is -1.09. The SMILES string of the molecule is CCN(CCCO)C(=O)Nc1ccccc1C(=O)O. The first-order valence-corrected chi connectivity index (χ1v) is 6.09. The molecule has 2 amide bonds. The van der Waals surface area contributed by atoms with Crippen molar-refractivity contribution in [3.63, 3.8) is 0 Å². The lowest BCUT2D eigenvalue weighted by Crippen LogP contribution is -2.36. The number of para-hydroxylation sites is 1. The van der Waals surface area contributed by atoms with Gasteiger partial charge in [0.25, 0.3) is 0 Å². The molecular formula is C13H18N2O4. The molecule has 0 bridgehead atoms. The van der Waals surface area contributed by atoms with E-state index in [0.717, 1.165) is 0 Å². The molecule has 0 heterocycles. The number of amides is 2. The number of aliphatic hydroxyl groups is 1. The summed E-state index contributed by atoms with van der Waals surface area (Å²) in [5.41, 5.74) is 0.316. The molecule has 3 N–H and O–H groups in total. The third-order valence-corrected chi connectivity index (χ3v) is 2.65. The van der Waals surface area contributed by atoms with E-state index in [-0.39, 0.29) is 23.9 Å². The van der Waals surface area contributed by atoms with E-state index in [9.17, 15) is 9.59 Å². The van der Waals surface area contributed by atoms with Gasteiger partial charge in [0.2, 0.25) is 0 Å². The van der Waals surface area contributed by atoms with E-state index in [4.69, 9.17) is 10.2 Å². The highest BCUT2D eigenvalue weighted by Crippen LogP contribution is 2.15. The molecule has 0 atom stereocenters. The molecule has 0 saturated carbocycles. The Morgan fingerprint density at radius 2 is 2.00 bits per heavy atom. The van der Waals surface area contributed by atoms with E-state index in [1.165, 1.54) is 11.0 Å². The van der Waals surface area contributed by atoms with E-state index >= 15 is 0 Å². The summed E-state index contributed by atoms with van der Waals surface area (Å²) in [6.45, 7) is 2.74. The minimum Gasteiger partial charge on any atom is -0.478 e. The number of carboxylic acids is 1. The lowest BCUT2D eigenvalue weighted by atomic mass is 10.2. The van der Waals surface area contributed by atoms with Crippen LogP contribution in [0.3, 0.4) is 0 Å². The average molecular weight is 266 g/mol. The van der Waals surface area contributed by atoms with Gasteiger partial charge < -0.3 is 20.4 Å². The minimum absolute atomic E-state index is 0.00942. The smallest absolute Gasteiger partial charge is 0.337 e. The van der Waals surface area contributed by atoms with Crippen molar-refractivity contribution < 1.29 is 19.8 Å². The molecule has 0 fully saturated rings. The lowest BCUT2D eigenvalue weighted by molar-refractivity contribution is 0.0698. The first-order chi connectivity index (χ1) is 9.10. The topological polar surface area (TPSA) is 89.9 Å². The third kappa shape index (κ3) is 4.26. The monoisotopic (exact) mass is 266 g/mol. The number of anilines is 1. The van der Waals surface area contributed by atoms with E-state index in [0.29, 0.717) is 19.5 Å². The normalized spacial score (nSPS) is 10.0. The summed E-state index contributed by atoms with van der Waals surface area (Å²) in [4.78, 5) is 24.5. The number of benzene rings is 1. The van der Waals surface area contributed by atoms with Gasteiger partial charge in [-0.1, -0.05) is 12.1 Å². The molecule has 0 aromatic heterocycles. The van der Waals surface area contributed by atoms with Crippen LogP contribution in [-0.4, -0.2) is 46.8 Å². The molecular weight excluding hydrogens is 248 g/mol. The molecule has 1 aromatic carbocycles. The Kier molecular flexibility index (Phi) is 5.81. The largest absolute Gasteiger partial charge is 0.478 e. The number of carboxylic acid groups (broad SMARTS) is 1. The summed E-state index contributed by atoms with van der Waals surface area (Å²) in [5, 5.41) is 20.4. The van der Waals surface area contributed by atoms with Crippen molar-refractivity contribution in [1.29, 1.82) is 0 Å². The van der Waals surface area contributed by atoms with Crippen molar-refractivity contribution in [2.45, 2.75) is 13.3 Å². The molecule has 0 saturated heterocycles. The Bertz CT molecular complexity index is 448. The molecule has 0 aliphatic rings. The maximum Gasteiger partial charge on any atom is 0.337 e. The summed E-state index contributed by atoms with van der Waals surface area (Å²) >= 11 is 0. The maximum atomic E-state index is 12.0. The molecule has 6 nitrogen and oxygen atoms in total. The van der Waals surface area contributed by atoms with Gasteiger partial charge in [0, 0.05) is 19.7 Å². The molecule has 0 spiro atoms. The van der Waals surface area contributed by atoms with Gasteiger partial charge in [-0.3, -0.25) is 0 Å². The van der Waals surface area contributed by atoms with Gasteiger partial charge in [-0.2, -0.15) is 0 Å². The molecule has 0 aliphatic heterocycles. The average Bonchev–Trinajstić information content (AvgIpc) is 2.40. The number of rotatable bonds is 6. The van der Waals surface area contributed by atoms with Crippen LogP contribution in [0.5, 0.6) is 0 Å². The summed E-state index contributed by atoms with van der Waals surface area (Å²) in [6, 6.07) is 5.86. The first-order valence-electron chi connectivity index (χ1n) is 6.09. The van der Waals surface area contributed by atoms with Gasteiger partial charge in [-0.25, -0.2) is 9.59 Å². The van der Waals surface area contributed by atoms with Gasteiger partial charge in [0.1, 0.15) is 0 Å². The van der Waals surface area contributed by atoms with Crippen molar-refractivity contribution in [3.8, 4) is 0 Å². The van der Waals surface area contributed by atoms with Crippen LogP contribution < -0.4 is 5.32 Å².